The lowest BCUT2D eigenvalue weighted by atomic mass is 9.97. The molecule has 1 saturated heterocycles. The summed E-state index contributed by atoms with van der Waals surface area (Å²) in [6.45, 7) is 2.65. The summed E-state index contributed by atoms with van der Waals surface area (Å²) in [6.07, 6.45) is -3.87. The smallest absolute Gasteiger partial charge is 0.453 e. The third kappa shape index (κ3) is 6.00. The lowest BCUT2D eigenvalue weighted by Gasteiger charge is -2.31. The number of halogens is 3. The number of phenols is 1. The molecule has 1 aromatic heterocycles. The highest BCUT2D eigenvalue weighted by Crippen LogP contribution is 2.40. The van der Waals surface area contributed by atoms with Gasteiger partial charge in [-0.2, -0.15) is 13.2 Å². The molecule has 1 aliphatic heterocycles. The van der Waals surface area contributed by atoms with E-state index in [2.05, 4.69) is 4.74 Å². The number of ether oxygens (including phenoxy) is 3. The van der Waals surface area contributed by atoms with Gasteiger partial charge in [0.2, 0.25) is 11.2 Å². The minimum Gasteiger partial charge on any atom is -0.507 e. The highest BCUT2D eigenvalue weighted by molar-refractivity contribution is 5.89. The van der Waals surface area contributed by atoms with Gasteiger partial charge in [0.1, 0.15) is 17.1 Å². The maximum atomic E-state index is 14.1. The van der Waals surface area contributed by atoms with E-state index in [0.717, 1.165) is 6.07 Å². The number of hydrogen-bond donors (Lipinski definition) is 1. The first kappa shape index (κ1) is 28.0. The van der Waals surface area contributed by atoms with Crippen molar-refractivity contribution in [1.82, 2.24) is 4.90 Å². The number of rotatable bonds is 7. The first-order valence-electron chi connectivity index (χ1n) is 12.2. The van der Waals surface area contributed by atoms with Gasteiger partial charge in [0.15, 0.2) is 0 Å². The Balaban J connectivity index is 1.74. The molecule has 1 fully saturated rings. The Morgan fingerprint density at radius 3 is 2.51 bits per heavy atom. The summed E-state index contributed by atoms with van der Waals surface area (Å²) in [6, 6.07) is 7.34. The quantitative estimate of drug-likeness (QED) is 0.412. The number of piperidine rings is 1. The Morgan fingerprint density at radius 2 is 1.87 bits per heavy atom. The predicted octanol–water partition coefficient (Wildman–Crippen LogP) is 4.87. The number of carbonyl (C=O) groups excluding carboxylic acids is 2. The van der Waals surface area contributed by atoms with Crippen molar-refractivity contribution in [3.63, 3.8) is 0 Å². The molecule has 3 aromatic rings. The molecule has 4 rings (SSSR count). The second-order valence-electron chi connectivity index (χ2n) is 8.97. The molecule has 2 aromatic carbocycles. The summed E-state index contributed by atoms with van der Waals surface area (Å²) in [5, 5.41) is 10.3. The molecule has 2 heterocycles. The van der Waals surface area contributed by atoms with Gasteiger partial charge in [0.25, 0.3) is 5.76 Å². The van der Waals surface area contributed by atoms with E-state index in [0.29, 0.717) is 19.4 Å². The van der Waals surface area contributed by atoms with Gasteiger partial charge >= 0.3 is 18.1 Å². The van der Waals surface area contributed by atoms with Crippen LogP contribution in [0.25, 0.3) is 11.0 Å². The number of fused-ring (bicyclic) bond motifs is 1. The molecule has 0 spiro atoms. The summed E-state index contributed by atoms with van der Waals surface area (Å²) in [5.41, 5.74) is -1.41. The van der Waals surface area contributed by atoms with Crippen LogP contribution in [-0.2, 0) is 27.0 Å². The first-order chi connectivity index (χ1) is 18.5. The van der Waals surface area contributed by atoms with E-state index in [1.807, 2.05) is 0 Å². The fourth-order valence-corrected chi connectivity index (χ4v) is 4.49. The summed E-state index contributed by atoms with van der Waals surface area (Å²) >= 11 is 0. The molecule has 12 heteroatoms. The van der Waals surface area contributed by atoms with Crippen LogP contribution >= 0.6 is 0 Å². The van der Waals surface area contributed by atoms with Gasteiger partial charge < -0.3 is 23.7 Å². The molecule has 39 heavy (non-hydrogen) atoms. The van der Waals surface area contributed by atoms with Gasteiger partial charge in [0, 0.05) is 13.1 Å². The average molecular weight is 549 g/mol. The minimum atomic E-state index is -5.11. The van der Waals surface area contributed by atoms with Crippen molar-refractivity contribution in [1.29, 1.82) is 0 Å². The number of esters is 2. The van der Waals surface area contributed by atoms with Crippen LogP contribution in [0.15, 0.2) is 45.6 Å². The minimum absolute atomic E-state index is 0.0198. The Kier molecular flexibility index (Phi) is 8.14. The standard InChI is InChI=1S/C27H26F3NO8/c1-3-37-26(35)16-5-4-12-31(13-16)14-19-20(32)11-10-18-21(33)23(24(27(28,29)30)39-22(18)19)38-17-8-6-15(7-9-17)25(34)36-2/h6-11,16,32H,3-5,12-14H2,1-2H3. The van der Waals surface area contributed by atoms with Gasteiger partial charge in [-0.1, -0.05) is 0 Å². The maximum absolute atomic E-state index is 14.1. The Labute approximate surface area is 220 Å². The Bertz CT molecular complexity index is 1430. The summed E-state index contributed by atoms with van der Waals surface area (Å²) in [5.74, 6) is -4.70. The predicted molar refractivity (Wildman–Crippen MR) is 132 cm³/mol. The third-order valence-corrected chi connectivity index (χ3v) is 6.36. The molecule has 0 amide bonds. The van der Waals surface area contributed by atoms with Crippen LogP contribution in [0, 0.1) is 5.92 Å². The molecular formula is C27H26F3NO8. The van der Waals surface area contributed by atoms with Crippen LogP contribution in [0.4, 0.5) is 13.2 Å². The second kappa shape index (κ2) is 11.4. The highest BCUT2D eigenvalue weighted by atomic mass is 19.4. The van der Waals surface area contributed by atoms with Crippen molar-refractivity contribution >= 4 is 22.9 Å². The van der Waals surface area contributed by atoms with Crippen LogP contribution in [0.5, 0.6) is 17.2 Å². The molecule has 208 valence electrons. The molecule has 1 N–H and O–H groups in total. The van der Waals surface area contributed by atoms with Crippen molar-refractivity contribution in [2.24, 2.45) is 5.92 Å². The number of aromatic hydroxyl groups is 1. The number of phenolic OH excluding ortho intramolecular Hbond substituents is 1. The number of alkyl halides is 3. The van der Waals surface area contributed by atoms with Crippen LogP contribution < -0.4 is 10.2 Å². The zero-order valence-electron chi connectivity index (χ0n) is 21.2. The van der Waals surface area contributed by atoms with Gasteiger partial charge in [-0.05, 0) is 62.7 Å². The van der Waals surface area contributed by atoms with E-state index in [-0.39, 0.29) is 53.7 Å². The van der Waals surface area contributed by atoms with E-state index in [4.69, 9.17) is 13.9 Å². The zero-order valence-corrected chi connectivity index (χ0v) is 21.2. The lowest BCUT2D eigenvalue weighted by molar-refractivity contribution is -0.154. The van der Waals surface area contributed by atoms with E-state index >= 15 is 0 Å². The Morgan fingerprint density at radius 1 is 1.15 bits per heavy atom. The van der Waals surface area contributed by atoms with Gasteiger partial charge in [0.05, 0.1) is 36.1 Å². The van der Waals surface area contributed by atoms with Gasteiger partial charge in [-0.15, -0.1) is 0 Å². The molecule has 1 unspecified atom stereocenters. The van der Waals surface area contributed by atoms with Crippen molar-refractivity contribution in [2.45, 2.75) is 32.5 Å². The Hall–Kier alpha value is -4.06. The molecular weight excluding hydrogens is 523 g/mol. The number of benzene rings is 2. The summed E-state index contributed by atoms with van der Waals surface area (Å²) < 4.78 is 62.5. The van der Waals surface area contributed by atoms with Crippen molar-refractivity contribution in [3.8, 4) is 17.2 Å². The van der Waals surface area contributed by atoms with E-state index < -0.39 is 40.6 Å². The molecule has 0 saturated carbocycles. The zero-order chi connectivity index (χ0) is 28.3. The number of nitrogens with zero attached hydrogens (tertiary/aromatic N) is 1. The second-order valence-corrected chi connectivity index (χ2v) is 8.97. The topological polar surface area (TPSA) is 116 Å². The maximum Gasteiger partial charge on any atom is 0.453 e. The number of hydrogen-bond acceptors (Lipinski definition) is 9. The van der Waals surface area contributed by atoms with E-state index in [1.165, 1.54) is 37.4 Å². The fraction of sp³-hybridized carbons (Fsp3) is 0.370. The van der Waals surface area contributed by atoms with Crippen molar-refractivity contribution in [3.05, 3.63) is 63.5 Å². The number of carbonyl (C=O) groups is 2. The molecule has 1 atom stereocenters. The first-order valence-corrected chi connectivity index (χ1v) is 12.2. The summed E-state index contributed by atoms with van der Waals surface area (Å²) in [4.78, 5) is 38.9. The van der Waals surface area contributed by atoms with E-state index in [1.54, 1.807) is 11.8 Å². The van der Waals surface area contributed by atoms with Gasteiger partial charge in [-0.25, -0.2) is 4.79 Å². The molecule has 0 bridgehead atoms. The van der Waals surface area contributed by atoms with Gasteiger partial charge in [-0.3, -0.25) is 14.5 Å². The van der Waals surface area contributed by atoms with Crippen LogP contribution in [0.3, 0.4) is 0 Å². The molecule has 9 nitrogen and oxygen atoms in total. The number of likely N-dealkylation sites (tertiary alicyclic amines) is 1. The largest absolute Gasteiger partial charge is 0.507 e. The summed E-state index contributed by atoms with van der Waals surface area (Å²) in [7, 11) is 1.18. The molecule has 0 aliphatic carbocycles. The monoisotopic (exact) mass is 549 g/mol. The highest BCUT2D eigenvalue weighted by Gasteiger charge is 2.41. The average Bonchev–Trinajstić information content (AvgIpc) is 2.91. The van der Waals surface area contributed by atoms with Crippen molar-refractivity contribution in [2.75, 3.05) is 26.8 Å². The fourth-order valence-electron chi connectivity index (χ4n) is 4.49. The molecule has 1 aliphatic rings. The normalized spacial score (nSPS) is 16.2. The van der Waals surface area contributed by atoms with Crippen LogP contribution in [0.2, 0.25) is 0 Å². The number of methoxy groups -OCH3 is 1. The van der Waals surface area contributed by atoms with E-state index in [9.17, 15) is 32.7 Å². The van der Waals surface area contributed by atoms with Crippen LogP contribution in [0.1, 0.15) is 41.4 Å². The third-order valence-electron chi connectivity index (χ3n) is 6.36. The lowest BCUT2D eigenvalue weighted by Crippen LogP contribution is -2.39. The van der Waals surface area contributed by atoms with Crippen molar-refractivity contribution < 1.29 is 46.5 Å². The van der Waals surface area contributed by atoms with Crippen LogP contribution in [-0.4, -0.2) is 48.8 Å². The molecule has 0 radical (unpaired) electrons. The SMILES string of the molecule is CCOC(=O)C1CCCN(Cc2c(O)ccc3c(=O)c(Oc4ccc(C(=O)OC)cc4)c(C(F)(F)F)oc23)C1.